The molecule has 1 saturated heterocycles. The number of hydrogen-bond donors (Lipinski definition) is 1. The molecule has 1 aliphatic heterocycles. The van der Waals surface area contributed by atoms with E-state index in [9.17, 15) is 18.4 Å². The summed E-state index contributed by atoms with van der Waals surface area (Å²) in [4.78, 5) is 26.7. The summed E-state index contributed by atoms with van der Waals surface area (Å²) in [6.07, 6.45) is 0.0807. The number of anilines is 2. The van der Waals surface area contributed by atoms with Crippen molar-refractivity contribution in [2.45, 2.75) is 17.1 Å². The monoisotopic (exact) mass is 440 g/mol. The van der Waals surface area contributed by atoms with Gasteiger partial charge >= 0.3 is 0 Å². The highest BCUT2D eigenvalue weighted by Crippen LogP contribution is 2.34. The summed E-state index contributed by atoms with van der Waals surface area (Å²) in [7, 11) is 0. The molecular weight excluding hydrogens is 426 g/mol. The normalized spacial score (nSPS) is 17.0. The molecule has 3 rings (SSSR count). The molecule has 1 unspecified atom stereocenters. The Morgan fingerprint density at radius 1 is 1.19 bits per heavy atom. The Morgan fingerprint density at radius 3 is 2.62 bits per heavy atom. The molecule has 4 nitrogen and oxygen atoms in total. The molecule has 0 aliphatic carbocycles. The van der Waals surface area contributed by atoms with Gasteiger partial charge in [-0.15, -0.1) is 0 Å². The number of amides is 2. The molecule has 0 saturated carbocycles. The van der Waals surface area contributed by atoms with Crippen molar-refractivity contribution in [1.29, 1.82) is 0 Å². The molecule has 1 atom stereocenters. The maximum Gasteiger partial charge on any atom is 0.288 e. The van der Waals surface area contributed by atoms with E-state index in [1.807, 2.05) is 18.2 Å². The van der Waals surface area contributed by atoms with Crippen molar-refractivity contribution < 1.29 is 18.4 Å². The number of carbonyl (C=O) groups is 2. The van der Waals surface area contributed by atoms with Crippen molar-refractivity contribution in [2.24, 2.45) is 5.92 Å². The zero-order chi connectivity index (χ0) is 18.7. The van der Waals surface area contributed by atoms with Gasteiger partial charge in [-0.3, -0.25) is 9.59 Å². The minimum atomic E-state index is -2.58. The summed E-state index contributed by atoms with van der Waals surface area (Å²) in [5.41, 5.74) is 1.04. The number of carbonyl (C=O) groups excluding carboxylic acids is 2. The first-order valence-corrected chi connectivity index (χ1v) is 9.52. The SMILES string of the molecule is O=C(Nc1ccccc1SC(F)F)C1CC(=O)N(c2ccccc2Br)C1. The Morgan fingerprint density at radius 2 is 1.88 bits per heavy atom. The average molecular weight is 441 g/mol. The Labute approximate surface area is 162 Å². The van der Waals surface area contributed by atoms with Gasteiger partial charge < -0.3 is 10.2 Å². The van der Waals surface area contributed by atoms with Gasteiger partial charge in [0.05, 0.1) is 17.3 Å². The number of halogens is 3. The van der Waals surface area contributed by atoms with Crippen LogP contribution in [0.2, 0.25) is 0 Å². The van der Waals surface area contributed by atoms with Gasteiger partial charge in [0.2, 0.25) is 11.8 Å². The summed E-state index contributed by atoms with van der Waals surface area (Å²) >= 11 is 3.79. The number of thioether (sulfide) groups is 1. The summed E-state index contributed by atoms with van der Waals surface area (Å²) in [6.45, 7) is 0.247. The van der Waals surface area contributed by atoms with Crippen LogP contribution in [-0.2, 0) is 9.59 Å². The van der Waals surface area contributed by atoms with E-state index in [0.717, 1.165) is 4.47 Å². The van der Waals surface area contributed by atoms with Gasteiger partial charge in [-0.1, -0.05) is 36.0 Å². The van der Waals surface area contributed by atoms with Crippen molar-refractivity contribution in [3.63, 3.8) is 0 Å². The van der Waals surface area contributed by atoms with E-state index >= 15 is 0 Å². The molecule has 2 amide bonds. The van der Waals surface area contributed by atoms with Crippen molar-refractivity contribution >= 4 is 50.9 Å². The van der Waals surface area contributed by atoms with Crippen LogP contribution in [0.25, 0.3) is 0 Å². The number of nitrogens with one attached hydrogen (secondary N) is 1. The largest absolute Gasteiger partial charge is 0.325 e. The first-order chi connectivity index (χ1) is 12.5. The Bertz CT molecular complexity index is 834. The second kappa shape index (κ2) is 8.18. The van der Waals surface area contributed by atoms with E-state index in [2.05, 4.69) is 21.2 Å². The van der Waals surface area contributed by atoms with Gasteiger partial charge in [-0.25, -0.2) is 0 Å². The molecule has 0 aromatic heterocycles. The van der Waals surface area contributed by atoms with E-state index in [0.29, 0.717) is 28.0 Å². The fourth-order valence-electron chi connectivity index (χ4n) is 2.79. The van der Waals surface area contributed by atoms with Crippen LogP contribution < -0.4 is 10.2 Å². The van der Waals surface area contributed by atoms with Crippen LogP contribution >= 0.6 is 27.7 Å². The van der Waals surface area contributed by atoms with Crippen LogP contribution in [0.4, 0.5) is 20.2 Å². The van der Waals surface area contributed by atoms with E-state index in [-0.39, 0.29) is 24.8 Å². The van der Waals surface area contributed by atoms with Gasteiger partial charge in [0.1, 0.15) is 0 Å². The van der Waals surface area contributed by atoms with Gasteiger partial charge in [0, 0.05) is 22.3 Å². The molecule has 1 fully saturated rings. The topological polar surface area (TPSA) is 49.4 Å². The summed E-state index contributed by atoms with van der Waals surface area (Å²) in [6, 6.07) is 13.7. The quantitative estimate of drug-likeness (QED) is 0.682. The van der Waals surface area contributed by atoms with Crippen molar-refractivity contribution in [3.8, 4) is 0 Å². The predicted octanol–water partition coefficient (Wildman–Crippen LogP) is 4.76. The summed E-state index contributed by atoms with van der Waals surface area (Å²) in [5, 5.41) is 2.68. The standard InChI is InChI=1S/C18H15BrF2N2O2S/c19-12-5-1-3-7-14(12)23-10-11(9-16(23)24)17(25)22-13-6-2-4-8-15(13)26-18(20)21/h1-8,11,18H,9-10H2,(H,22,25). The first-order valence-electron chi connectivity index (χ1n) is 7.85. The molecule has 136 valence electrons. The number of rotatable bonds is 5. The predicted molar refractivity (Wildman–Crippen MR) is 102 cm³/mol. The molecule has 0 bridgehead atoms. The zero-order valence-electron chi connectivity index (χ0n) is 13.5. The molecule has 2 aromatic rings. The Kier molecular flexibility index (Phi) is 5.93. The summed E-state index contributed by atoms with van der Waals surface area (Å²) in [5.74, 6) is -3.62. The van der Waals surface area contributed by atoms with Gasteiger partial charge in [0.15, 0.2) is 0 Å². The van der Waals surface area contributed by atoms with E-state index in [4.69, 9.17) is 0 Å². The van der Waals surface area contributed by atoms with Crippen molar-refractivity contribution in [2.75, 3.05) is 16.8 Å². The number of para-hydroxylation sites is 2. The highest BCUT2D eigenvalue weighted by Gasteiger charge is 2.36. The van der Waals surface area contributed by atoms with E-state index < -0.39 is 11.7 Å². The molecule has 8 heteroatoms. The van der Waals surface area contributed by atoms with Crippen LogP contribution in [-0.4, -0.2) is 24.1 Å². The highest BCUT2D eigenvalue weighted by atomic mass is 79.9. The Balaban J connectivity index is 1.72. The number of alkyl halides is 2. The molecule has 1 aliphatic rings. The second-order valence-electron chi connectivity index (χ2n) is 5.72. The van der Waals surface area contributed by atoms with Crippen molar-refractivity contribution in [1.82, 2.24) is 0 Å². The van der Waals surface area contributed by atoms with Gasteiger partial charge in [0.25, 0.3) is 5.76 Å². The van der Waals surface area contributed by atoms with Gasteiger partial charge in [-0.05, 0) is 40.2 Å². The summed E-state index contributed by atoms with van der Waals surface area (Å²) < 4.78 is 26.1. The fourth-order valence-corrected chi connectivity index (χ4v) is 3.88. The first kappa shape index (κ1) is 18.8. The molecule has 26 heavy (non-hydrogen) atoms. The van der Waals surface area contributed by atoms with Crippen LogP contribution in [0.1, 0.15) is 6.42 Å². The zero-order valence-corrected chi connectivity index (χ0v) is 15.9. The van der Waals surface area contributed by atoms with E-state index in [1.54, 1.807) is 29.2 Å². The van der Waals surface area contributed by atoms with E-state index in [1.165, 1.54) is 6.07 Å². The molecule has 0 spiro atoms. The Hall–Kier alpha value is -1.93. The lowest BCUT2D eigenvalue weighted by atomic mass is 10.1. The lowest BCUT2D eigenvalue weighted by Gasteiger charge is -2.18. The maximum atomic E-state index is 12.7. The third kappa shape index (κ3) is 4.24. The van der Waals surface area contributed by atoms with Gasteiger partial charge in [-0.2, -0.15) is 8.78 Å². The lowest BCUT2D eigenvalue weighted by molar-refractivity contribution is -0.122. The van der Waals surface area contributed by atoms with Crippen LogP contribution in [0.5, 0.6) is 0 Å². The second-order valence-corrected chi connectivity index (χ2v) is 7.61. The lowest BCUT2D eigenvalue weighted by Crippen LogP contribution is -2.28. The smallest absolute Gasteiger partial charge is 0.288 e. The van der Waals surface area contributed by atoms with Crippen molar-refractivity contribution in [3.05, 3.63) is 53.0 Å². The number of nitrogens with zero attached hydrogens (tertiary/aromatic N) is 1. The molecule has 0 radical (unpaired) electrons. The molecule has 1 heterocycles. The minimum absolute atomic E-state index is 0.0807. The third-order valence-electron chi connectivity index (χ3n) is 4.00. The minimum Gasteiger partial charge on any atom is -0.325 e. The third-order valence-corrected chi connectivity index (χ3v) is 5.46. The van der Waals surface area contributed by atoms with Crippen LogP contribution in [0.15, 0.2) is 57.9 Å². The number of benzene rings is 2. The average Bonchev–Trinajstić information content (AvgIpc) is 2.98. The molecule has 2 aromatic carbocycles. The van der Waals surface area contributed by atoms with Crippen LogP contribution in [0.3, 0.4) is 0 Å². The number of hydrogen-bond acceptors (Lipinski definition) is 3. The molecular formula is C18H15BrF2N2O2S. The van der Waals surface area contributed by atoms with Crippen LogP contribution in [0, 0.1) is 5.92 Å². The highest BCUT2D eigenvalue weighted by molar-refractivity contribution is 9.10. The fraction of sp³-hybridized carbons (Fsp3) is 0.222. The maximum absolute atomic E-state index is 12.7. The molecule has 1 N–H and O–H groups in total.